The lowest BCUT2D eigenvalue weighted by Crippen LogP contribution is -2.49. The van der Waals surface area contributed by atoms with Crippen molar-refractivity contribution in [3.8, 4) is 0 Å². The van der Waals surface area contributed by atoms with Gasteiger partial charge >= 0.3 is 0 Å². The number of aryl methyl sites for hydroxylation is 1. The summed E-state index contributed by atoms with van der Waals surface area (Å²) in [7, 11) is 0. The van der Waals surface area contributed by atoms with E-state index in [1.54, 1.807) is 0 Å². The third kappa shape index (κ3) is 9.48. The molecule has 10 heteroatoms. The maximum atomic E-state index is 5.44. The van der Waals surface area contributed by atoms with Crippen molar-refractivity contribution in [2.24, 2.45) is 4.99 Å². The van der Waals surface area contributed by atoms with E-state index in [2.05, 4.69) is 49.0 Å². The molecule has 2 aliphatic rings. The first kappa shape index (κ1) is 27.3. The van der Waals surface area contributed by atoms with Gasteiger partial charge < -0.3 is 24.8 Å². The molecule has 2 saturated heterocycles. The topological polar surface area (TPSA) is 82.8 Å². The molecule has 0 radical (unpaired) electrons. The number of nitrogens with one attached hydrogen (secondary N) is 2. The Hall–Kier alpha value is -0.980. The minimum Gasteiger partial charge on any atom is -0.379 e. The van der Waals surface area contributed by atoms with Crippen molar-refractivity contribution in [1.82, 2.24) is 35.2 Å². The van der Waals surface area contributed by atoms with Gasteiger partial charge in [0.15, 0.2) is 5.96 Å². The number of likely N-dealkylation sites (tertiary alicyclic amines) is 1. The summed E-state index contributed by atoms with van der Waals surface area (Å²) in [6.45, 7) is 15.3. The van der Waals surface area contributed by atoms with E-state index in [4.69, 9.17) is 9.73 Å². The number of rotatable bonds is 11. The SMILES string of the molecule is CCCN1CCC(NC(=NCCCN2CCOCC2)NCCn2cnnc2CC)CC1.I. The summed E-state index contributed by atoms with van der Waals surface area (Å²) in [4.78, 5) is 9.95. The Labute approximate surface area is 210 Å². The third-order valence-electron chi connectivity index (χ3n) is 6.13. The van der Waals surface area contributed by atoms with E-state index in [1.807, 2.05) is 6.33 Å². The van der Waals surface area contributed by atoms with Gasteiger partial charge in [0.1, 0.15) is 12.2 Å². The van der Waals surface area contributed by atoms with Crippen LogP contribution in [0.5, 0.6) is 0 Å². The van der Waals surface area contributed by atoms with Gasteiger partial charge in [-0.05, 0) is 32.2 Å². The number of ether oxygens (including phenoxy) is 1. The number of hydrogen-bond acceptors (Lipinski definition) is 6. The summed E-state index contributed by atoms with van der Waals surface area (Å²) < 4.78 is 7.56. The van der Waals surface area contributed by atoms with E-state index in [-0.39, 0.29) is 24.0 Å². The van der Waals surface area contributed by atoms with Crippen LogP contribution in [-0.2, 0) is 17.7 Å². The van der Waals surface area contributed by atoms with Crippen molar-refractivity contribution in [2.45, 2.75) is 58.5 Å². The van der Waals surface area contributed by atoms with Gasteiger partial charge in [-0.25, -0.2) is 0 Å². The van der Waals surface area contributed by atoms with Crippen LogP contribution in [-0.4, -0.2) is 102 Å². The van der Waals surface area contributed by atoms with Gasteiger partial charge in [0.05, 0.1) is 13.2 Å². The van der Waals surface area contributed by atoms with Crippen LogP contribution in [0.25, 0.3) is 0 Å². The first-order valence-electron chi connectivity index (χ1n) is 12.2. The van der Waals surface area contributed by atoms with Crippen molar-refractivity contribution in [2.75, 3.05) is 65.6 Å². The summed E-state index contributed by atoms with van der Waals surface area (Å²) in [6.07, 6.45) is 7.39. The van der Waals surface area contributed by atoms with Crippen LogP contribution in [0, 0.1) is 0 Å². The van der Waals surface area contributed by atoms with E-state index in [1.165, 1.54) is 38.9 Å². The van der Waals surface area contributed by atoms with Gasteiger partial charge in [0, 0.05) is 64.8 Å². The van der Waals surface area contributed by atoms with Crippen LogP contribution >= 0.6 is 24.0 Å². The summed E-state index contributed by atoms with van der Waals surface area (Å²) in [5.74, 6) is 1.98. The zero-order valence-corrected chi connectivity index (χ0v) is 22.3. The van der Waals surface area contributed by atoms with Crippen LogP contribution in [0.2, 0.25) is 0 Å². The van der Waals surface area contributed by atoms with Crippen LogP contribution in [0.3, 0.4) is 0 Å². The lowest BCUT2D eigenvalue weighted by molar-refractivity contribution is 0.0377. The Morgan fingerprint density at radius 2 is 1.84 bits per heavy atom. The zero-order valence-electron chi connectivity index (χ0n) is 20.0. The molecular formula is C22H43IN8O. The van der Waals surface area contributed by atoms with Crippen molar-refractivity contribution < 1.29 is 4.74 Å². The van der Waals surface area contributed by atoms with E-state index in [0.717, 1.165) is 77.1 Å². The lowest BCUT2D eigenvalue weighted by Gasteiger charge is -2.33. The minimum atomic E-state index is 0. The largest absolute Gasteiger partial charge is 0.379 e. The fourth-order valence-corrected chi connectivity index (χ4v) is 4.31. The summed E-state index contributed by atoms with van der Waals surface area (Å²) in [5.41, 5.74) is 0. The quantitative estimate of drug-likeness (QED) is 0.184. The van der Waals surface area contributed by atoms with Gasteiger partial charge in [0.2, 0.25) is 0 Å². The van der Waals surface area contributed by atoms with Crippen LogP contribution in [0.1, 0.15) is 45.4 Å². The first-order valence-corrected chi connectivity index (χ1v) is 12.2. The van der Waals surface area contributed by atoms with Crippen LogP contribution in [0.4, 0.5) is 0 Å². The molecule has 184 valence electrons. The highest BCUT2D eigenvalue weighted by atomic mass is 127. The maximum Gasteiger partial charge on any atom is 0.191 e. The molecule has 1 aromatic rings. The minimum absolute atomic E-state index is 0. The Bertz CT molecular complexity index is 642. The predicted octanol–water partition coefficient (Wildman–Crippen LogP) is 1.59. The summed E-state index contributed by atoms with van der Waals surface area (Å²) in [6, 6.07) is 0.500. The van der Waals surface area contributed by atoms with E-state index < -0.39 is 0 Å². The van der Waals surface area contributed by atoms with Crippen LogP contribution in [0.15, 0.2) is 11.3 Å². The number of aromatic nitrogens is 3. The lowest BCUT2D eigenvalue weighted by atomic mass is 10.1. The first-order chi connectivity index (χ1) is 15.3. The van der Waals surface area contributed by atoms with E-state index >= 15 is 0 Å². The predicted molar refractivity (Wildman–Crippen MR) is 140 cm³/mol. The molecule has 2 N–H and O–H groups in total. The molecule has 1 aromatic heterocycles. The second kappa shape index (κ2) is 15.8. The highest BCUT2D eigenvalue weighted by Crippen LogP contribution is 2.10. The number of halogens is 1. The Morgan fingerprint density at radius 1 is 1.09 bits per heavy atom. The van der Waals surface area contributed by atoms with E-state index in [9.17, 15) is 0 Å². The molecule has 0 aromatic carbocycles. The Morgan fingerprint density at radius 3 is 2.56 bits per heavy atom. The van der Waals surface area contributed by atoms with Gasteiger partial charge in [-0.2, -0.15) is 0 Å². The molecule has 0 saturated carbocycles. The standard InChI is InChI=1S/C22H42N8O.HI/c1-3-10-28-12-6-20(7-13-28)26-22(23-8-5-11-29-15-17-31-18-16-29)24-9-14-30-19-25-27-21(30)4-2;/h19-20H,3-18H2,1-2H3,(H2,23,24,26);1H. The number of nitrogens with zero attached hydrogens (tertiary/aromatic N) is 6. The van der Waals surface area contributed by atoms with Gasteiger partial charge in [-0.15, -0.1) is 34.2 Å². The average Bonchev–Trinajstić information content (AvgIpc) is 3.26. The zero-order chi connectivity index (χ0) is 21.7. The molecule has 0 spiro atoms. The van der Waals surface area contributed by atoms with Gasteiger partial charge in [-0.1, -0.05) is 13.8 Å². The summed E-state index contributed by atoms with van der Waals surface area (Å²) >= 11 is 0. The number of morpholine rings is 1. The molecule has 2 aliphatic heterocycles. The molecule has 0 bridgehead atoms. The highest BCUT2D eigenvalue weighted by Gasteiger charge is 2.19. The van der Waals surface area contributed by atoms with Crippen molar-refractivity contribution >= 4 is 29.9 Å². The summed E-state index contributed by atoms with van der Waals surface area (Å²) in [5, 5.41) is 15.5. The van der Waals surface area contributed by atoms with Gasteiger partial charge in [0.25, 0.3) is 0 Å². The van der Waals surface area contributed by atoms with Gasteiger partial charge in [-0.3, -0.25) is 9.89 Å². The number of piperidine rings is 1. The van der Waals surface area contributed by atoms with E-state index in [0.29, 0.717) is 6.04 Å². The Kier molecular flexibility index (Phi) is 13.4. The fourth-order valence-electron chi connectivity index (χ4n) is 4.31. The monoisotopic (exact) mass is 562 g/mol. The average molecular weight is 563 g/mol. The smallest absolute Gasteiger partial charge is 0.191 e. The molecular weight excluding hydrogens is 519 g/mol. The number of hydrogen-bond donors (Lipinski definition) is 2. The number of guanidine groups is 1. The molecule has 0 amide bonds. The molecule has 32 heavy (non-hydrogen) atoms. The van der Waals surface area contributed by atoms with Crippen LogP contribution < -0.4 is 10.6 Å². The second-order valence-corrected chi connectivity index (χ2v) is 8.52. The molecule has 2 fully saturated rings. The maximum absolute atomic E-state index is 5.44. The molecule has 3 rings (SSSR count). The van der Waals surface area contributed by atoms with Crippen molar-refractivity contribution in [1.29, 1.82) is 0 Å². The normalized spacial score (nSPS) is 19.0. The third-order valence-corrected chi connectivity index (χ3v) is 6.13. The molecule has 0 aliphatic carbocycles. The highest BCUT2D eigenvalue weighted by molar-refractivity contribution is 14.0. The molecule has 3 heterocycles. The number of aliphatic imine (C=N–C) groups is 1. The Balaban J connectivity index is 0.00000363. The molecule has 0 atom stereocenters. The van der Waals surface area contributed by atoms with Crippen molar-refractivity contribution in [3.63, 3.8) is 0 Å². The molecule has 9 nitrogen and oxygen atoms in total. The fraction of sp³-hybridized carbons (Fsp3) is 0.864. The second-order valence-electron chi connectivity index (χ2n) is 8.52. The molecule has 0 unspecified atom stereocenters. The van der Waals surface area contributed by atoms with Crippen molar-refractivity contribution in [3.05, 3.63) is 12.2 Å².